The monoisotopic (exact) mass is 450 g/mol. The van der Waals surface area contributed by atoms with Gasteiger partial charge in [-0.05, 0) is 70.0 Å². The van der Waals surface area contributed by atoms with Crippen LogP contribution in [0.1, 0.15) is 53.3 Å². The first-order valence-corrected chi connectivity index (χ1v) is 12.0. The molecule has 2 aliphatic rings. The van der Waals surface area contributed by atoms with Gasteiger partial charge in [-0.2, -0.15) is 0 Å². The summed E-state index contributed by atoms with van der Waals surface area (Å²) >= 11 is 0. The molecule has 1 N–H and O–H groups in total. The van der Waals surface area contributed by atoms with E-state index in [2.05, 4.69) is 10.2 Å². The highest BCUT2D eigenvalue weighted by molar-refractivity contribution is 5.95. The van der Waals surface area contributed by atoms with Crippen molar-refractivity contribution in [2.24, 2.45) is 0 Å². The molecular weight excluding hydrogens is 416 g/mol. The van der Waals surface area contributed by atoms with Gasteiger partial charge in [0.15, 0.2) is 6.61 Å². The van der Waals surface area contributed by atoms with Crippen LogP contribution in [0.3, 0.4) is 0 Å². The van der Waals surface area contributed by atoms with E-state index in [9.17, 15) is 9.59 Å². The Balaban J connectivity index is 1.31. The zero-order valence-corrected chi connectivity index (χ0v) is 19.5. The molecule has 4 rings (SSSR count). The second-order valence-corrected chi connectivity index (χ2v) is 8.95. The van der Waals surface area contributed by atoms with E-state index < -0.39 is 0 Å². The van der Waals surface area contributed by atoms with E-state index in [1.54, 1.807) is 0 Å². The summed E-state index contributed by atoms with van der Waals surface area (Å²) in [5.74, 6) is 0.814. The fourth-order valence-corrected chi connectivity index (χ4v) is 4.66. The maximum Gasteiger partial charge on any atom is 0.260 e. The van der Waals surface area contributed by atoms with Crippen molar-refractivity contribution < 1.29 is 14.3 Å². The molecule has 7 nitrogen and oxygen atoms in total. The molecule has 0 spiro atoms. The van der Waals surface area contributed by atoms with Crippen molar-refractivity contribution in [1.29, 1.82) is 0 Å². The van der Waals surface area contributed by atoms with Gasteiger partial charge in [0.1, 0.15) is 5.75 Å². The van der Waals surface area contributed by atoms with Crippen LogP contribution >= 0.6 is 0 Å². The molecule has 2 amide bonds. The molecule has 0 atom stereocenters. The number of pyridine rings is 1. The molecule has 0 bridgehead atoms. The molecule has 2 aromatic rings. The lowest BCUT2D eigenvalue weighted by Gasteiger charge is -2.32. The third-order valence-corrected chi connectivity index (χ3v) is 6.56. The summed E-state index contributed by atoms with van der Waals surface area (Å²) in [5, 5.41) is 3.08. The van der Waals surface area contributed by atoms with E-state index in [0.717, 1.165) is 43.9 Å². The molecular formula is C26H34N4O3. The number of nitrogens with one attached hydrogen (secondary N) is 1. The Morgan fingerprint density at radius 3 is 2.48 bits per heavy atom. The van der Waals surface area contributed by atoms with Crippen molar-refractivity contribution >= 4 is 11.8 Å². The highest BCUT2D eigenvalue weighted by Crippen LogP contribution is 2.29. The van der Waals surface area contributed by atoms with Gasteiger partial charge in [-0.1, -0.05) is 18.2 Å². The number of hydrogen-bond donors (Lipinski definition) is 1. The van der Waals surface area contributed by atoms with Crippen molar-refractivity contribution in [2.45, 2.75) is 38.5 Å². The number of piperidine rings is 1. The third kappa shape index (κ3) is 6.32. The van der Waals surface area contributed by atoms with Gasteiger partial charge in [0.05, 0.1) is 11.3 Å². The predicted molar refractivity (Wildman–Crippen MR) is 127 cm³/mol. The van der Waals surface area contributed by atoms with Crippen molar-refractivity contribution in [3.63, 3.8) is 0 Å². The second-order valence-electron chi connectivity index (χ2n) is 8.95. The molecule has 0 radical (unpaired) electrons. The summed E-state index contributed by atoms with van der Waals surface area (Å²) in [7, 11) is 0. The second kappa shape index (κ2) is 11.3. The van der Waals surface area contributed by atoms with Crippen molar-refractivity contribution in [1.82, 2.24) is 20.1 Å². The Hall–Kier alpha value is -2.93. The Morgan fingerprint density at radius 1 is 1.03 bits per heavy atom. The summed E-state index contributed by atoms with van der Waals surface area (Å²) in [5.41, 5.74) is 2.44. The molecule has 2 fully saturated rings. The number of ether oxygens (including phenoxy) is 1. The first-order valence-electron chi connectivity index (χ1n) is 12.0. The molecule has 1 aromatic heterocycles. The lowest BCUT2D eigenvalue weighted by Crippen LogP contribution is -2.41. The minimum atomic E-state index is -0.0496. The summed E-state index contributed by atoms with van der Waals surface area (Å²) < 4.78 is 5.61. The highest BCUT2D eigenvalue weighted by Gasteiger charge is 2.28. The number of para-hydroxylation sites is 1. The van der Waals surface area contributed by atoms with Gasteiger partial charge in [0, 0.05) is 37.8 Å². The lowest BCUT2D eigenvalue weighted by atomic mass is 9.89. The SMILES string of the molecule is Cc1ccc(C(=O)NCCN2CCCC2)c(C2CCN(C(=O)COc3ccccc3)CC2)n1. The number of benzene rings is 1. The zero-order chi connectivity index (χ0) is 23.0. The zero-order valence-electron chi connectivity index (χ0n) is 19.5. The number of carbonyl (C=O) groups excluding carboxylic acids is 2. The van der Waals surface area contributed by atoms with Crippen LogP contribution in [0.2, 0.25) is 0 Å². The van der Waals surface area contributed by atoms with Crippen LogP contribution in [-0.2, 0) is 4.79 Å². The van der Waals surface area contributed by atoms with Crippen LogP contribution in [-0.4, -0.2) is 72.5 Å². The fraction of sp³-hybridized carbons (Fsp3) is 0.500. The minimum Gasteiger partial charge on any atom is -0.484 e. The first-order chi connectivity index (χ1) is 16.1. The van der Waals surface area contributed by atoms with Crippen LogP contribution in [0.4, 0.5) is 0 Å². The third-order valence-electron chi connectivity index (χ3n) is 6.56. The molecule has 3 heterocycles. The first kappa shape index (κ1) is 23.2. The molecule has 33 heavy (non-hydrogen) atoms. The quantitative estimate of drug-likeness (QED) is 0.669. The van der Waals surface area contributed by atoms with Gasteiger partial charge < -0.3 is 19.9 Å². The van der Waals surface area contributed by atoms with Crippen LogP contribution in [0.25, 0.3) is 0 Å². The molecule has 0 unspecified atom stereocenters. The topological polar surface area (TPSA) is 74.8 Å². The van der Waals surface area contributed by atoms with Gasteiger partial charge in [-0.3, -0.25) is 14.6 Å². The van der Waals surface area contributed by atoms with E-state index in [0.29, 0.717) is 30.9 Å². The standard InChI is InChI=1S/C26H34N4O3/c1-20-9-10-23(26(32)27-13-18-29-14-5-6-15-29)25(28-20)21-11-16-30(17-12-21)24(31)19-33-22-7-3-2-4-8-22/h2-4,7-10,21H,5-6,11-19H2,1H3,(H,27,32). The number of nitrogens with zero attached hydrogens (tertiary/aromatic N) is 3. The van der Waals surface area contributed by atoms with Crippen LogP contribution in [0.5, 0.6) is 5.75 Å². The van der Waals surface area contributed by atoms with Crippen molar-refractivity contribution in [2.75, 3.05) is 45.9 Å². The number of amides is 2. The Labute approximate surface area is 196 Å². The number of aryl methyl sites for hydroxylation is 1. The normalized spacial score (nSPS) is 17.2. The van der Waals surface area contributed by atoms with Crippen LogP contribution in [0.15, 0.2) is 42.5 Å². The average Bonchev–Trinajstić information content (AvgIpc) is 3.37. The van der Waals surface area contributed by atoms with Gasteiger partial charge in [0.2, 0.25) is 0 Å². The summed E-state index contributed by atoms with van der Waals surface area (Å²) in [6.45, 7) is 7.09. The number of hydrogen-bond acceptors (Lipinski definition) is 5. The Morgan fingerprint density at radius 2 is 1.76 bits per heavy atom. The minimum absolute atomic E-state index is 0.00520. The average molecular weight is 451 g/mol. The molecule has 2 saturated heterocycles. The van der Waals surface area contributed by atoms with Crippen molar-refractivity contribution in [3.05, 3.63) is 59.4 Å². The van der Waals surface area contributed by atoms with E-state index in [4.69, 9.17) is 9.72 Å². The molecule has 1 aromatic carbocycles. The number of likely N-dealkylation sites (tertiary alicyclic amines) is 2. The maximum atomic E-state index is 12.9. The van der Waals surface area contributed by atoms with E-state index in [1.165, 1.54) is 12.8 Å². The van der Waals surface area contributed by atoms with Gasteiger partial charge >= 0.3 is 0 Å². The van der Waals surface area contributed by atoms with Gasteiger partial charge in [-0.25, -0.2) is 0 Å². The van der Waals surface area contributed by atoms with Crippen molar-refractivity contribution in [3.8, 4) is 5.75 Å². The predicted octanol–water partition coefficient (Wildman–Crippen LogP) is 3.00. The number of rotatable bonds is 8. The van der Waals surface area contributed by atoms with Gasteiger partial charge in [-0.15, -0.1) is 0 Å². The maximum absolute atomic E-state index is 12.9. The molecule has 0 saturated carbocycles. The number of carbonyl (C=O) groups is 2. The molecule has 176 valence electrons. The Kier molecular flexibility index (Phi) is 7.94. The molecule has 0 aliphatic carbocycles. The highest BCUT2D eigenvalue weighted by atomic mass is 16.5. The smallest absolute Gasteiger partial charge is 0.260 e. The lowest BCUT2D eigenvalue weighted by molar-refractivity contribution is -0.134. The Bertz CT molecular complexity index is 936. The number of aromatic nitrogens is 1. The molecule has 2 aliphatic heterocycles. The summed E-state index contributed by atoms with van der Waals surface area (Å²) in [6, 6.07) is 13.2. The van der Waals surface area contributed by atoms with E-state index in [-0.39, 0.29) is 24.3 Å². The molecule has 7 heteroatoms. The summed E-state index contributed by atoms with van der Waals surface area (Å²) in [6.07, 6.45) is 4.09. The van der Waals surface area contributed by atoms with Crippen LogP contribution in [0, 0.1) is 6.92 Å². The van der Waals surface area contributed by atoms with Crippen LogP contribution < -0.4 is 10.1 Å². The summed E-state index contributed by atoms with van der Waals surface area (Å²) in [4.78, 5) is 34.5. The van der Waals surface area contributed by atoms with E-state index in [1.807, 2.05) is 54.3 Å². The van der Waals surface area contributed by atoms with Gasteiger partial charge in [0.25, 0.3) is 11.8 Å². The fourth-order valence-electron chi connectivity index (χ4n) is 4.66. The largest absolute Gasteiger partial charge is 0.484 e. The van der Waals surface area contributed by atoms with E-state index >= 15 is 0 Å².